The minimum atomic E-state index is -0.291. The number of aromatic nitrogens is 2. The van der Waals surface area contributed by atoms with E-state index in [1.165, 1.54) is 22.6 Å². The molecule has 0 spiro atoms. The third kappa shape index (κ3) is 3.71. The van der Waals surface area contributed by atoms with E-state index in [9.17, 15) is 4.39 Å². The quantitative estimate of drug-likeness (QED) is 0.532. The summed E-state index contributed by atoms with van der Waals surface area (Å²) in [6, 6.07) is 20.5. The van der Waals surface area contributed by atoms with Crippen molar-refractivity contribution in [2.75, 3.05) is 0 Å². The van der Waals surface area contributed by atoms with E-state index in [0.29, 0.717) is 18.3 Å². The van der Waals surface area contributed by atoms with E-state index in [1.807, 2.05) is 24.3 Å². The molecule has 0 fully saturated rings. The molecule has 0 saturated heterocycles. The van der Waals surface area contributed by atoms with E-state index in [1.54, 1.807) is 23.5 Å². The fourth-order valence-corrected chi connectivity index (χ4v) is 3.54. The average molecular weight is 365 g/mol. The maximum absolute atomic E-state index is 13.0. The van der Waals surface area contributed by atoms with Gasteiger partial charge in [0.1, 0.15) is 5.82 Å². The van der Waals surface area contributed by atoms with Gasteiger partial charge in [0.2, 0.25) is 11.7 Å². The Kier molecular flexibility index (Phi) is 4.86. The maximum Gasteiger partial charge on any atom is 0.240 e. The molecule has 1 atom stereocenters. The molecular formula is C20H16FN3OS. The average Bonchev–Trinajstić information content (AvgIpc) is 3.36. The number of hydrogen-bond donors (Lipinski definition) is 1. The van der Waals surface area contributed by atoms with Gasteiger partial charge in [0.25, 0.3) is 0 Å². The molecule has 1 N–H and O–H groups in total. The van der Waals surface area contributed by atoms with E-state index in [4.69, 9.17) is 4.52 Å². The van der Waals surface area contributed by atoms with Crippen molar-refractivity contribution in [1.29, 1.82) is 0 Å². The van der Waals surface area contributed by atoms with Crippen LogP contribution in [0.15, 0.2) is 76.6 Å². The second-order valence-electron chi connectivity index (χ2n) is 5.76. The summed E-state index contributed by atoms with van der Waals surface area (Å²) in [5, 5.41) is 9.53. The molecule has 0 unspecified atom stereocenters. The van der Waals surface area contributed by atoms with Crippen molar-refractivity contribution in [2.24, 2.45) is 0 Å². The van der Waals surface area contributed by atoms with E-state index >= 15 is 0 Å². The van der Waals surface area contributed by atoms with Gasteiger partial charge < -0.3 is 4.52 Å². The first-order valence-electron chi connectivity index (χ1n) is 8.20. The number of rotatable bonds is 6. The highest BCUT2D eigenvalue weighted by Crippen LogP contribution is 2.26. The number of halogens is 1. The lowest BCUT2D eigenvalue weighted by Gasteiger charge is -2.16. The van der Waals surface area contributed by atoms with Crippen molar-refractivity contribution >= 4 is 11.3 Å². The first kappa shape index (κ1) is 16.6. The summed E-state index contributed by atoms with van der Waals surface area (Å²) in [5.74, 6) is 0.650. The molecule has 130 valence electrons. The Morgan fingerprint density at radius 3 is 2.54 bits per heavy atom. The largest absolute Gasteiger partial charge is 0.338 e. The van der Waals surface area contributed by atoms with Gasteiger partial charge in [-0.3, -0.25) is 5.32 Å². The van der Waals surface area contributed by atoms with Gasteiger partial charge in [0, 0.05) is 10.4 Å². The third-order valence-corrected chi connectivity index (χ3v) is 4.93. The van der Waals surface area contributed by atoms with Gasteiger partial charge >= 0.3 is 0 Å². The van der Waals surface area contributed by atoms with Crippen LogP contribution < -0.4 is 5.32 Å². The zero-order valence-electron chi connectivity index (χ0n) is 13.8. The van der Waals surface area contributed by atoms with Crippen LogP contribution in [0.25, 0.3) is 11.4 Å². The fraction of sp³-hybridized carbons (Fsp3) is 0.100. The summed E-state index contributed by atoms with van der Waals surface area (Å²) in [6.07, 6.45) is 0. The lowest BCUT2D eigenvalue weighted by molar-refractivity contribution is 0.363. The van der Waals surface area contributed by atoms with E-state index in [0.717, 1.165) is 5.56 Å². The zero-order chi connectivity index (χ0) is 17.8. The fourth-order valence-electron chi connectivity index (χ4n) is 2.72. The van der Waals surface area contributed by atoms with Crippen LogP contribution in [0.3, 0.4) is 0 Å². The monoisotopic (exact) mass is 365 g/mol. The van der Waals surface area contributed by atoms with Gasteiger partial charge in [0.15, 0.2) is 0 Å². The first-order valence-corrected chi connectivity index (χ1v) is 9.08. The summed E-state index contributed by atoms with van der Waals surface area (Å²) in [4.78, 5) is 5.61. The minimum absolute atomic E-state index is 0.0531. The summed E-state index contributed by atoms with van der Waals surface area (Å²) < 4.78 is 18.4. The lowest BCUT2D eigenvalue weighted by atomic mass is 10.1. The molecular weight excluding hydrogens is 349 g/mol. The van der Waals surface area contributed by atoms with Crippen molar-refractivity contribution in [3.8, 4) is 11.4 Å². The Morgan fingerprint density at radius 1 is 1.00 bits per heavy atom. The van der Waals surface area contributed by atoms with Crippen molar-refractivity contribution in [3.63, 3.8) is 0 Å². The van der Waals surface area contributed by atoms with Crippen LogP contribution in [0.5, 0.6) is 0 Å². The topological polar surface area (TPSA) is 51.0 Å². The Balaban J connectivity index is 1.51. The third-order valence-electron chi connectivity index (χ3n) is 3.99. The van der Waals surface area contributed by atoms with Crippen LogP contribution >= 0.6 is 11.3 Å². The Bertz CT molecular complexity index is 952. The van der Waals surface area contributed by atoms with Crippen molar-refractivity contribution in [3.05, 3.63) is 94.3 Å². The molecule has 0 aliphatic carbocycles. The molecule has 0 radical (unpaired) electrons. The van der Waals surface area contributed by atoms with Gasteiger partial charge in [-0.1, -0.05) is 41.6 Å². The van der Waals surface area contributed by atoms with Gasteiger partial charge in [0.05, 0.1) is 12.6 Å². The Hall–Kier alpha value is -2.83. The lowest BCUT2D eigenvalue weighted by Crippen LogP contribution is -2.21. The molecule has 0 amide bonds. The summed E-state index contributed by atoms with van der Waals surface area (Å²) >= 11 is 1.70. The molecule has 26 heavy (non-hydrogen) atoms. The number of hydrogen-bond acceptors (Lipinski definition) is 5. The first-order chi connectivity index (χ1) is 12.8. The number of thiophene rings is 1. The van der Waals surface area contributed by atoms with E-state index in [2.05, 4.69) is 39.0 Å². The van der Waals surface area contributed by atoms with Gasteiger partial charge in [-0.25, -0.2) is 4.39 Å². The normalized spacial score (nSPS) is 12.2. The number of nitrogens with one attached hydrogen (secondary N) is 1. The molecule has 0 aliphatic rings. The summed E-state index contributed by atoms with van der Waals surface area (Å²) in [7, 11) is 0. The van der Waals surface area contributed by atoms with E-state index in [-0.39, 0.29) is 11.9 Å². The minimum Gasteiger partial charge on any atom is -0.338 e. The predicted octanol–water partition coefficient (Wildman–Crippen LogP) is 4.82. The number of nitrogens with zero attached hydrogens (tertiary/aromatic N) is 2. The second-order valence-corrected chi connectivity index (χ2v) is 6.74. The van der Waals surface area contributed by atoms with Gasteiger partial charge in [-0.15, -0.1) is 11.3 Å². The van der Waals surface area contributed by atoms with Crippen LogP contribution in [0.2, 0.25) is 0 Å². The Labute approximate surface area is 154 Å². The zero-order valence-corrected chi connectivity index (χ0v) is 14.6. The molecule has 0 aliphatic heterocycles. The van der Waals surface area contributed by atoms with Crippen LogP contribution in [0.4, 0.5) is 4.39 Å². The highest BCUT2D eigenvalue weighted by Gasteiger charge is 2.16. The molecule has 2 aromatic heterocycles. The van der Waals surface area contributed by atoms with Crippen molar-refractivity contribution in [2.45, 2.75) is 12.6 Å². The van der Waals surface area contributed by atoms with Crippen LogP contribution in [-0.4, -0.2) is 10.1 Å². The smallest absolute Gasteiger partial charge is 0.240 e. The van der Waals surface area contributed by atoms with Crippen molar-refractivity contribution < 1.29 is 8.91 Å². The van der Waals surface area contributed by atoms with Gasteiger partial charge in [-0.2, -0.15) is 4.98 Å². The van der Waals surface area contributed by atoms with Gasteiger partial charge in [-0.05, 0) is 41.3 Å². The van der Waals surface area contributed by atoms with Crippen LogP contribution in [0.1, 0.15) is 22.4 Å². The molecule has 0 bridgehead atoms. The molecule has 0 saturated carbocycles. The van der Waals surface area contributed by atoms with Crippen LogP contribution in [0, 0.1) is 5.82 Å². The maximum atomic E-state index is 13.0. The summed E-state index contributed by atoms with van der Waals surface area (Å²) in [6.45, 7) is 0.436. The number of benzene rings is 2. The van der Waals surface area contributed by atoms with E-state index < -0.39 is 0 Å². The Morgan fingerprint density at radius 2 is 1.81 bits per heavy atom. The standard InChI is InChI=1S/C20H16FN3OS/c21-16-10-8-15(9-11-16)20-23-18(25-24-20)13-22-19(17-7-4-12-26-17)14-5-2-1-3-6-14/h1-12,19,22H,13H2/t19-/m0/s1. The highest BCUT2D eigenvalue weighted by molar-refractivity contribution is 7.10. The molecule has 4 nitrogen and oxygen atoms in total. The highest BCUT2D eigenvalue weighted by atomic mass is 32.1. The molecule has 2 aromatic carbocycles. The molecule has 2 heterocycles. The molecule has 4 rings (SSSR count). The SMILES string of the molecule is Fc1ccc(-c2noc(CN[C@@H](c3ccccc3)c3cccs3)n2)cc1. The predicted molar refractivity (Wildman–Crippen MR) is 99.1 cm³/mol. The summed E-state index contributed by atoms with van der Waals surface area (Å²) in [5.41, 5.74) is 1.90. The van der Waals surface area contributed by atoms with Crippen molar-refractivity contribution in [1.82, 2.24) is 15.5 Å². The van der Waals surface area contributed by atoms with Crippen LogP contribution in [-0.2, 0) is 6.54 Å². The second kappa shape index (κ2) is 7.59. The molecule has 6 heteroatoms. The molecule has 4 aromatic rings.